The molecule has 1 unspecified atom stereocenters. The summed E-state index contributed by atoms with van der Waals surface area (Å²) >= 11 is 0. The van der Waals surface area contributed by atoms with Crippen LogP contribution in [0, 0.1) is 5.41 Å². The van der Waals surface area contributed by atoms with E-state index in [1.165, 1.54) is 0 Å². The van der Waals surface area contributed by atoms with E-state index >= 15 is 0 Å². The average molecular weight is 275 g/mol. The molecule has 2 rings (SSSR count). The molecule has 3 nitrogen and oxygen atoms in total. The third-order valence-corrected chi connectivity index (χ3v) is 4.60. The van der Waals surface area contributed by atoms with Gasteiger partial charge in [0.05, 0.1) is 12.6 Å². The Labute approximate surface area is 121 Å². The van der Waals surface area contributed by atoms with Gasteiger partial charge in [-0.05, 0) is 31.2 Å². The summed E-state index contributed by atoms with van der Waals surface area (Å²) in [6, 6.07) is 9.81. The minimum atomic E-state index is -0.190. The largest absolute Gasteiger partial charge is 0.394 e. The van der Waals surface area contributed by atoms with Crippen LogP contribution >= 0.6 is 0 Å². The van der Waals surface area contributed by atoms with Gasteiger partial charge in [-0.2, -0.15) is 0 Å². The molecule has 0 radical (unpaired) electrons. The third kappa shape index (κ3) is 3.40. The van der Waals surface area contributed by atoms with Crippen molar-refractivity contribution in [2.24, 2.45) is 5.41 Å². The number of nitrogens with one attached hydrogen (secondary N) is 1. The zero-order valence-electron chi connectivity index (χ0n) is 12.3. The molecule has 3 heteroatoms. The van der Waals surface area contributed by atoms with Crippen molar-refractivity contribution in [3.05, 3.63) is 35.9 Å². The van der Waals surface area contributed by atoms with Crippen LogP contribution in [0.15, 0.2) is 30.3 Å². The fourth-order valence-electron chi connectivity index (χ4n) is 3.19. The van der Waals surface area contributed by atoms with Gasteiger partial charge in [-0.3, -0.25) is 4.79 Å². The zero-order valence-corrected chi connectivity index (χ0v) is 12.3. The lowest BCUT2D eigenvalue weighted by molar-refractivity contribution is -0.132. The molecule has 1 amide bonds. The summed E-state index contributed by atoms with van der Waals surface area (Å²) in [5.74, 6) is 0.132. The smallest absolute Gasteiger partial charge is 0.226 e. The highest BCUT2D eigenvalue weighted by molar-refractivity contribution is 5.83. The monoisotopic (exact) mass is 275 g/mol. The van der Waals surface area contributed by atoms with Crippen molar-refractivity contribution >= 4 is 5.91 Å². The van der Waals surface area contributed by atoms with E-state index in [0.29, 0.717) is 6.42 Å². The predicted octanol–water partition coefficient (Wildman–Crippen LogP) is 2.68. The van der Waals surface area contributed by atoms with Crippen LogP contribution in [0.2, 0.25) is 0 Å². The van der Waals surface area contributed by atoms with E-state index < -0.39 is 0 Å². The fraction of sp³-hybridized carbons (Fsp3) is 0.588. The normalized spacial score (nSPS) is 18.7. The van der Waals surface area contributed by atoms with Crippen molar-refractivity contribution in [3.8, 4) is 0 Å². The maximum absolute atomic E-state index is 12.5. The molecule has 0 spiro atoms. The van der Waals surface area contributed by atoms with Crippen LogP contribution in [0.1, 0.15) is 44.6 Å². The lowest BCUT2D eigenvalue weighted by Gasteiger charge is -2.28. The minimum absolute atomic E-state index is 0.0135. The number of aliphatic hydroxyl groups is 1. The van der Waals surface area contributed by atoms with Gasteiger partial charge in [0.15, 0.2) is 0 Å². The molecule has 1 saturated carbocycles. The quantitative estimate of drug-likeness (QED) is 0.838. The van der Waals surface area contributed by atoms with Crippen LogP contribution in [-0.4, -0.2) is 23.7 Å². The summed E-state index contributed by atoms with van der Waals surface area (Å²) in [6.07, 6.45) is 5.83. The van der Waals surface area contributed by atoms with Crippen LogP contribution in [0.25, 0.3) is 0 Å². The molecule has 1 aliphatic carbocycles. The van der Waals surface area contributed by atoms with Crippen molar-refractivity contribution in [1.82, 2.24) is 5.32 Å². The summed E-state index contributed by atoms with van der Waals surface area (Å²) in [6.45, 7) is 2.08. The number of aliphatic hydroxyl groups excluding tert-OH is 1. The Morgan fingerprint density at radius 1 is 1.30 bits per heavy atom. The van der Waals surface area contributed by atoms with Crippen LogP contribution < -0.4 is 5.32 Å². The summed E-state index contributed by atoms with van der Waals surface area (Å²) < 4.78 is 0. The highest BCUT2D eigenvalue weighted by Gasteiger charge is 2.39. The van der Waals surface area contributed by atoms with Crippen molar-refractivity contribution in [3.63, 3.8) is 0 Å². The molecular formula is C17H25NO2. The number of hydrogen-bond donors (Lipinski definition) is 2. The summed E-state index contributed by atoms with van der Waals surface area (Å²) in [7, 11) is 0. The van der Waals surface area contributed by atoms with Gasteiger partial charge in [0.25, 0.3) is 0 Å². The molecule has 1 aromatic carbocycles. The lowest BCUT2D eigenvalue weighted by atomic mass is 9.82. The molecular weight excluding hydrogens is 250 g/mol. The van der Waals surface area contributed by atoms with E-state index in [4.69, 9.17) is 0 Å². The van der Waals surface area contributed by atoms with E-state index in [1.807, 2.05) is 30.3 Å². The number of rotatable bonds is 6. The summed E-state index contributed by atoms with van der Waals surface area (Å²) in [5, 5.41) is 12.6. The Hall–Kier alpha value is -1.35. The predicted molar refractivity (Wildman–Crippen MR) is 80.4 cm³/mol. The molecule has 1 aromatic rings. The first-order valence-electron chi connectivity index (χ1n) is 7.66. The van der Waals surface area contributed by atoms with E-state index in [-0.39, 0.29) is 24.0 Å². The molecule has 110 valence electrons. The van der Waals surface area contributed by atoms with Gasteiger partial charge in [0.1, 0.15) is 0 Å². The van der Waals surface area contributed by atoms with Gasteiger partial charge in [-0.1, -0.05) is 50.1 Å². The zero-order chi connectivity index (χ0) is 14.4. The first-order chi connectivity index (χ1) is 9.70. The van der Waals surface area contributed by atoms with Gasteiger partial charge < -0.3 is 10.4 Å². The van der Waals surface area contributed by atoms with Gasteiger partial charge in [-0.15, -0.1) is 0 Å². The first kappa shape index (κ1) is 15.0. The van der Waals surface area contributed by atoms with Crippen molar-refractivity contribution < 1.29 is 9.90 Å². The van der Waals surface area contributed by atoms with E-state index in [0.717, 1.165) is 37.7 Å². The lowest BCUT2D eigenvalue weighted by Crippen LogP contribution is -2.46. The Bertz CT molecular complexity index is 424. The van der Waals surface area contributed by atoms with Crippen molar-refractivity contribution in [2.75, 3.05) is 6.61 Å². The maximum atomic E-state index is 12.5. The molecule has 1 atom stereocenters. The van der Waals surface area contributed by atoms with Gasteiger partial charge in [-0.25, -0.2) is 0 Å². The summed E-state index contributed by atoms with van der Waals surface area (Å²) in [4.78, 5) is 12.5. The third-order valence-electron chi connectivity index (χ3n) is 4.60. The topological polar surface area (TPSA) is 49.3 Å². The van der Waals surface area contributed by atoms with Crippen molar-refractivity contribution in [1.29, 1.82) is 0 Å². The SMILES string of the molecule is CCC1(C(=O)NC(CO)Cc2ccccc2)CCCC1. The molecule has 0 saturated heterocycles. The molecule has 20 heavy (non-hydrogen) atoms. The fourth-order valence-corrected chi connectivity index (χ4v) is 3.19. The Morgan fingerprint density at radius 3 is 2.50 bits per heavy atom. The maximum Gasteiger partial charge on any atom is 0.226 e. The highest BCUT2D eigenvalue weighted by Crippen LogP contribution is 2.41. The second-order valence-electron chi connectivity index (χ2n) is 5.88. The number of carbonyl (C=O) groups excluding carboxylic acids is 1. The molecule has 1 fully saturated rings. The van der Waals surface area contributed by atoms with Gasteiger partial charge in [0, 0.05) is 5.41 Å². The van der Waals surface area contributed by atoms with E-state index in [2.05, 4.69) is 12.2 Å². The van der Waals surface area contributed by atoms with Crippen LogP contribution in [0.3, 0.4) is 0 Å². The molecule has 2 N–H and O–H groups in total. The van der Waals surface area contributed by atoms with Gasteiger partial charge >= 0.3 is 0 Å². The van der Waals surface area contributed by atoms with Gasteiger partial charge in [0.2, 0.25) is 5.91 Å². The highest BCUT2D eigenvalue weighted by atomic mass is 16.3. The molecule has 0 aromatic heterocycles. The Morgan fingerprint density at radius 2 is 1.95 bits per heavy atom. The van der Waals surface area contributed by atoms with Crippen LogP contribution in [-0.2, 0) is 11.2 Å². The summed E-state index contributed by atoms with van der Waals surface area (Å²) in [5.41, 5.74) is 0.952. The number of amides is 1. The molecule has 0 aliphatic heterocycles. The average Bonchev–Trinajstić information content (AvgIpc) is 2.97. The minimum Gasteiger partial charge on any atom is -0.394 e. The number of benzene rings is 1. The second kappa shape index (κ2) is 6.89. The Kier molecular flexibility index (Phi) is 5.18. The number of hydrogen-bond acceptors (Lipinski definition) is 2. The molecule has 0 heterocycles. The van der Waals surface area contributed by atoms with E-state index in [9.17, 15) is 9.90 Å². The molecule has 1 aliphatic rings. The Balaban J connectivity index is 1.97. The van der Waals surface area contributed by atoms with Crippen LogP contribution in [0.5, 0.6) is 0 Å². The first-order valence-corrected chi connectivity index (χ1v) is 7.66. The van der Waals surface area contributed by atoms with Crippen LogP contribution in [0.4, 0.5) is 0 Å². The number of carbonyl (C=O) groups is 1. The second-order valence-corrected chi connectivity index (χ2v) is 5.88. The standard InChI is InChI=1S/C17H25NO2/c1-2-17(10-6-7-11-17)16(20)18-15(13-19)12-14-8-4-3-5-9-14/h3-5,8-9,15,19H,2,6-7,10-13H2,1H3,(H,18,20). The molecule has 0 bridgehead atoms. The van der Waals surface area contributed by atoms with E-state index in [1.54, 1.807) is 0 Å². The van der Waals surface area contributed by atoms with Crippen molar-refractivity contribution in [2.45, 2.75) is 51.5 Å².